The Morgan fingerprint density at radius 3 is 2.64 bits per heavy atom. The zero-order chi connectivity index (χ0) is 25.3. The summed E-state index contributed by atoms with van der Waals surface area (Å²) < 4.78 is 29.2. The number of amides is 1. The Hall–Kier alpha value is -3.24. The molecule has 4 rings (SSSR count). The third kappa shape index (κ3) is 6.70. The molecule has 3 aromatic rings. The highest BCUT2D eigenvalue weighted by Gasteiger charge is 2.23. The number of nitrogens with zero attached hydrogens (tertiary/aromatic N) is 5. The summed E-state index contributed by atoms with van der Waals surface area (Å²) in [5.41, 5.74) is 1.67. The molecule has 36 heavy (non-hydrogen) atoms. The molecule has 1 fully saturated rings. The number of carbonyl (C=O) groups is 1. The van der Waals surface area contributed by atoms with Gasteiger partial charge in [-0.05, 0) is 29.8 Å². The van der Waals surface area contributed by atoms with Crippen LogP contribution in [0.1, 0.15) is 17.8 Å². The lowest BCUT2D eigenvalue weighted by Gasteiger charge is -2.36. The topological polar surface area (TPSA) is 71.0 Å². The Bertz CT molecular complexity index is 1140. The van der Waals surface area contributed by atoms with E-state index in [1.165, 1.54) is 17.6 Å². The molecule has 2 heterocycles. The van der Waals surface area contributed by atoms with Gasteiger partial charge < -0.3 is 24.2 Å². The van der Waals surface area contributed by atoms with Crippen molar-refractivity contribution in [2.24, 2.45) is 0 Å². The summed E-state index contributed by atoms with van der Waals surface area (Å²) in [5.74, 6) is 1.40. The third-order valence-corrected chi connectivity index (χ3v) is 7.03. The highest BCUT2D eigenvalue weighted by molar-refractivity contribution is 7.09. The van der Waals surface area contributed by atoms with Crippen molar-refractivity contribution in [3.05, 3.63) is 65.7 Å². The van der Waals surface area contributed by atoms with Gasteiger partial charge in [0.25, 0.3) is 0 Å². The van der Waals surface area contributed by atoms with Gasteiger partial charge in [-0.25, -0.2) is 9.37 Å². The molecule has 2 aromatic carbocycles. The van der Waals surface area contributed by atoms with Crippen LogP contribution in [0.2, 0.25) is 0 Å². The number of carbonyl (C=O) groups excluding carboxylic acids is 1. The van der Waals surface area contributed by atoms with Gasteiger partial charge in [0.05, 0.1) is 19.4 Å². The van der Waals surface area contributed by atoms with E-state index in [1.807, 2.05) is 40.1 Å². The van der Waals surface area contributed by atoms with E-state index in [1.54, 1.807) is 26.4 Å². The largest absolute Gasteiger partial charge is 0.497 e. The maximum absolute atomic E-state index is 14.1. The molecule has 0 bridgehead atoms. The fourth-order valence-corrected chi connectivity index (χ4v) is 4.94. The number of rotatable bonds is 11. The molecule has 10 heteroatoms. The van der Waals surface area contributed by atoms with E-state index in [4.69, 9.17) is 14.5 Å². The number of ether oxygens (including phenoxy) is 2. The predicted molar refractivity (Wildman–Crippen MR) is 140 cm³/mol. The Balaban J connectivity index is 1.32. The van der Waals surface area contributed by atoms with Crippen LogP contribution in [0.15, 0.2) is 48.5 Å². The van der Waals surface area contributed by atoms with Crippen LogP contribution in [0.3, 0.4) is 0 Å². The quantitative estimate of drug-likeness (QED) is 0.389. The minimum absolute atomic E-state index is 0.0896. The number of aromatic nitrogens is 2. The van der Waals surface area contributed by atoms with Crippen molar-refractivity contribution in [1.82, 2.24) is 14.3 Å². The maximum atomic E-state index is 14.1. The second kappa shape index (κ2) is 12.6. The molecule has 0 radical (unpaired) electrons. The fraction of sp³-hybridized carbons (Fsp3) is 0.423. The van der Waals surface area contributed by atoms with Gasteiger partial charge in [-0.3, -0.25) is 4.79 Å². The summed E-state index contributed by atoms with van der Waals surface area (Å²) in [7, 11) is 3.31. The molecule has 1 aromatic heterocycles. The Kier molecular flexibility index (Phi) is 9.07. The monoisotopic (exact) mass is 513 g/mol. The minimum atomic E-state index is -0.228. The lowest BCUT2D eigenvalue weighted by Crippen LogP contribution is -2.49. The second-order valence-corrected chi connectivity index (χ2v) is 9.30. The minimum Gasteiger partial charge on any atom is -0.497 e. The van der Waals surface area contributed by atoms with E-state index in [-0.39, 0.29) is 11.7 Å². The number of anilines is 2. The number of piperazine rings is 1. The van der Waals surface area contributed by atoms with E-state index in [0.717, 1.165) is 22.3 Å². The summed E-state index contributed by atoms with van der Waals surface area (Å²) in [4.78, 5) is 23.6. The van der Waals surface area contributed by atoms with E-state index in [9.17, 15) is 9.18 Å². The molecular weight excluding hydrogens is 481 g/mol. The highest BCUT2D eigenvalue weighted by Crippen LogP contribution is 2.22. The molecule has 0 spiro atoms. The van der Waals surface area contributed by atoms with Gasteiger partial charge in [-0.15, -0.1) is 0 Å². The molecule has 8 nitrogen and oxygen atoms in total. The standard InChI is InChI=1S/C26H32FN5O3S/c1-34-17-16-32(26-28-24(29-36-26)19-20-6-5-7-21(18-20)35-2)11-10-25(33)31-14-12-30(13-15-31)23-9-4-3-8-22(23)27/h3-9,18H,10-17,19H2,1-2H3. The molecule has 1 aliphatic rings. The van der Waals surface area contributed by atoms with Crippen molar-refractivity contribution in [1.29, 1.82) is 0 Å². The fourth-order valence-electron chi connectivity index (χ4n) is 4.21. The van der Waals surface area contributed by atoms with Gasteiger partial charge in [-0.2, -0.15) is 4.37 Å². The lowest BCUT2D eigenvalue weighted by molar-refractivity contribution is -0.131. The van der Waals surface area contributed by atoms with Crippen molar-refractivity contribution in [2.75, 3.05) is 69.9 Å². The highest BCUT2D eigenvalue weighted by atomic mass is 32.1. The Morgan fingerprint density at radius 1 is 1.08 bits per heavy atom. The van der Waals surface area contributed by atoms with E-state index in [0.29, 0.717) is 64.4 Å². The van der Waals surface area contributed by atoms with Gasteiger partial charge in [0.1, 0.15) is 17.4 Å². The van der Waals surface area contributed by atoms with Crippen molar-refractivity contribution in [3.63, 3.8) is 0 Å². The molecule has 0 unspecified atom stereocenters. The Morgan fingerprint density at radius 2 is 1.89 bits per heavy atom. The van der Waals surface area contributed by atoms with Crippen LogP contribution in [-0.4, -0.2) is 80.3 Å². The zero-order valence-corrected chi connectivity index (χ0v) is 21.5. The molecule has 192 valence electrons. The van der Waals surface area contributed by atoms with Crippen molar-refractivity contribution >= 4 is 28.3 Å². The van der Waals surface area contributed by atoms with Crippen LogP contribution in [0.25, 0.3) is 0 Å². The molecule has 0 N–H and O–H groups in total. The van der Waals surface area contributed by atoms with Crippen LogP contribution in [0.5, 0.6) is 5.75 Å². The molecule has 0 saturated carbocycles. The lowest BCUT2D eigenvalue weighted by atomic mass is 10.1. The van der Waals surface area contributed by atoms with Gasteiger partial charge >= 0.3 is 0 Å². The number of methoxy groups -OCH3 is 2. The molecule has 1 saturated heterocycles. The number of para-hydroxylation sites is 1. The van der Waals surface area contributed by atoms with E-state index >= 15 is 0 Å². The average molecular weight is 514 g/mol. The molecular formula is C26H32FN5O3S. The van der Waals surface area contributed by atoms with Gasteiger partial charge in [0.15, 0.2) is 0 Å². The number of hydrogen-bond acceptors (Lipinski definition) is 8. The van der Waals surface area contributed by atoms with E-state index < -0.39 is 0 Å². The predicted octanol–water partition coefficient (Wildman–Crippen LogP) is 3.47. The molecule has 1 amide bonds. The van der Waals surface area contributed by atoms with E-state index in [2.05, 4.69) is 9.27 Å². The molecule has 0 atom stereocenters. The van der Waals surface area contributed by atoms with Gasteiger partial charge in [0, 0.05) is 70.8 Å². The average Bonchev–Trinajstić information content (AvgIpc) is 3.37. The van der Waals surface area contributed by atoms with Crippen LogP contribution in [0.4, 0.5) is 15.2 Å². The van der Waals surface area contributed by atoms with Crippen LogP contribution in [0, 0.1) is 5.82 Å². The smallest absolute Gasteiger partial charge is 0.224 e. The normalized spacial score (nSPS) is 13.6. The zero-order valence-electron chi connectivity index (χ0n) is 20.7. The summed E-state index contributed by atoms with van der Waals surface area (Å²) in [5, 5.41) is 0.780. The SMILES string of the molecule is COCCN(CCC(=O)N1CCN(c2ccccc2F)CC1)c1nc(Cc2cccc(OC)c2)ns1. The van der Waals surface area contributed by atoms with Gasteiger partial charge in [0.2, 0.25) is 11.0 Å². The first-order chi connectivity index (χ1) is 17.6. The molecule has 1 aliphatic heterocycles. The summed E-state index contributed by atoms with van der Waals surface area (Å²) in [6, 6.07) is 14.6. The maximum Gasteiger partial charge on any atom is 0.224 e. The van der Waals surface area contributed by atoms with Crippen molar-refractivity contribution < 1.29 is 18.7 Å². The Labute approximate surface area is 215 Å². The first-order valence-electron chi connectivity index (χ1n) is 12.0. The van der Waals surface area contributed by atoms with Gasteiger partial charge in [-0.1, -0.05) is 24.3 Å². The first-order valence-corrected chi connectivity index (χ1v) is 12.8. The summed E-state index contributed by atoms with van der Waals surface area (Å²) >= 11 is 1.33. The number of hydrogen-bond donors (Lipinski definition) is 0. The number of halogens is 1. The van der Waals surface area contributed by atoms with Crippen LogP contribution < -0.4 is 14.5 Å². The van der Waals surface area contributed by atoms with Crippen molar-refractivity contribution in [3.8, 4) is 5.75 Å². The van der Waals surface area contributed by atoms with Crippen LogP contribution in [-0.2, 0) is 16.0 Å². The van der Waals surface area contributed by atoms with Crippen LogP contribution >= 0.6 is 11.5 Å². The second-order valence-electron chi connectivity index (χ2n) is 8.57. The third-order valence-electron chi connectivity index (χ3n) is 6.21. The first kappa shape index (κ1) is 25.8. The summed E-state index contributed by atoms with van der Waals surface area (Å²) in [6.07, 6.45) is 0.977. The van der Waals surface area contributed by atoms with Crippen molar-refractivity contribution in [2.45, 2.75) is 12.8 Å². The molecule has 0 aliphatic carbocycles. The summed E-state index contributed by atoms with van der Waals surface area (Å²) in [6.45, 7) is 4.07. The number of benzene rings is 2.